The predicted molar refractivity (Wildman–Crippen MR) is 101 cm³/mol. The van der Waals surface area contributed by atoms with Crippen LogP contribution in [0.15, 0.2) is 46.9 Å². The molecule has 0 fully saturated rings. The minimum Gasteiger partial charge on any atom is -0.459 e. The van der Waals surface area contributed by atoms with Gasteiger partial charge in [0.05, 0.1) is 11.6 Å². The molecule has 0 aliphatic rings. The Labute approximate surface area is 163 Å². The minimum atomic E-state index is -1.09. The van der Waals surface area contributed by atoms with E-state index in [9.17, 15) is 18.8 Å². The molecule has 0 bridgehead atoms. The lowest BCUT2D eigenvalue weighted by molar-refractivity contribution is -0.152. The number of esters is 1. The summed E-state index contributed by atoms with van der Waals surface area (Å²) >= 11 is 5.71. The van der Waals surface area contributed by atoms with Crippen LogP contribution in [-0.2, 0) is 14.3 Å². The minimum absolute atomic E-state index is 0.0133. The molecular formula is C19H14ClFN2O5. The number of amides is 2. The zero-order chi connectivity index (χ0) is 20.3. The maximum Gasteiger partial charge on any atom is 0.397 e. The quantitative estimate of drug-likeness (QED) is 0.506. The van der Waals surface area contributed by atoms with Crippen molar-refractivity contribution in [2.75, 3.05) is 17.2 Å². The number of carbonyl (C=O) groups is 3. The number of hydrogen-bond donors (Lipinski definition) is 2. The average Bonchev–Trinajstić information content (AvgIpc) is 3.03. The highest BCUT2D eigenvalue weighted by Gasteiger charge is 2.25. The van der Waals surface area contributed by atoms with E-state index in [1.54, 1.807) is 31.2 Å². The molecule has 1 heterocycles. The van der Waals surface area contributed by atoms with Crippen LogP contribution in [0.25, 0.3) is 11.0 Å². The Hall–Kier alpha value is -3.39. The largest absolute Gasteiger partial charge is 0.459 e. The molecule has 0 unspecified atom stereocenters. The van der Waals surface area contributed by atoms with Gasteiger partial charge in [0.2, 0.25) is 5.76 Å². The lowest BCUT2D eigenvalue weighted by atomic mass is 10.2. The lowest BCUT2D eigenvalue weighted by Gasteiger charge is -2.07. The van der Waals surface area contributed by atoms with Crippen LogP contribution in [0, 0.1) is 5.82 Å². The van der Waals surface area contributed by atoms with Crippen molar-refractivity contribution in [3.8, 4) is 0 Å². The standard InChI is InChI=1S/C19H14ClFN2O5/c1-2-27-19(26)18(25)23-15-11-5-3-4-6-14(11)28-16(15)17(24)22-10-7-8-13(21)12(20)9-10/h3-9H,2H2,1H3,(H,22,24)(H,23,25). The molecule has 2 amide bonds. The van der Waals surface area contributed by atoms with Gasteiger partial charge in [-0.05, 0) is 37.3 Å². The maximum absolute atomic E-state index is 13.3. The van der Waals surface area contributed by atoms with Crippen LogP contribution >= 0.6 is 11.6 Å². The van der Waals surface area contributed by atoms with Crippen molar-refractivity contribution >= 4 is 51.7 Å². The number of anilines is 2. The van der Waals surface area contributed by atoms with Crippen LogP contribution in [0.1, 0.15) is 17.5 Å². The van der Waals surface area contributed by atoms with Crippen LogP contribution in [-0.4, -0.2) is 24.4 Å². The Bertz CT molecular complexity index is 1080. The van der Waals surface area contributed by atoms with Gasteiger partial charge >= 0.3 is 11.9 Å². The Morgan fingerprint density at radius 3 is 2.61 bits per heavy atom. The molecule has 0 atom stereocenters. The van der Waals surface area contributed by atoms with Gasteiger partial charge in [-0.15, -0.1) is 0 Å². The topological polar surface area (TPSA) is 97.6 Å². The molecule has 144 valence electrons. The van der Waals surface area contributed by atoms with Crippen molar-refractivity contribution in [2.45, 2.75) is 6.92 Å². The molecule has 9 heteroatoms. The van der Waals surface area contributed by atoms with Gasteiger partial charge < -0.3 is 19.8 Å². The SMILES string of the molecule is CCOC(=O)C(=O)Nc1c(C(=O)Nc2ccc(F)c(Cl)c2)oc2ccccc12. The molecule has 28 heavy (non-hydrogen) atoms. The zero-order valence-electron chi connectivity index (χ0n) is 14.5. The highest BCUT2D eigenvalue weighted by Crippen LogP contribution is 2.32. The van der Waals surface area contributed by atoms with Crippen LogP contribution in [0.2, 0.25) is 5.02 Å². The zero-order valence-corrected chi connectivity index (χ0v) is 15.3. The van der Waals surface area contributed by atoms with E-state index < -0.39 is 23.6 Å². The molecule has 0 saturated carbocycles. The first-order valence-corrected chi connectivity index (χ1v) is 8.54. The summed E-state index contributed by atoms with van der Waals surface area (Å²) in [6.45, 7) is 1.59. The first kappa shape index (κ1) is 19.4. The average molecular weight is 405 g/mol. The molecule has 3 rings (SSSR count). The van der Waals surface area contributed by atoms with Gasteiger partial charge in [-0.3, -0.25) is 9.59 Å². The van der Waals surface area contributed by atoms with E-state index in [1.165, 1.54) is 12.1 Å². The van der Waals surface area contributed by atoms with Crippen molar-refractivity contribution < 1.29 is 27.9 Å². The molecule has 2 aromatic carbocycles. The van der Waals surface area contributed by atoms with E-state index >= 15 is 0 Å². The van der Waals surface area contributed by atoms with Crippen molar-refractivity contribution in [2.24, 2.45) is 0 Å². The lowest BCUT2D eigenvalue weighted by Crippen LogP contribution is -2.26. The second-order valence-electron chi connectivity index (χ2n) is 5.56. The summed E-state index contributed by atoms with van der Waals surface area (Å²) in [4.78, 5) is 36.3. The molecule has 3 aromatic rings. The van der Waals surface area contributed by atoms with Gasteiger partial charge in [0.25, 0.3) is 5.91 Å². The van der Waals surface area contributed by atoms with Gasteiger partial charge in [-0.2, -0.15) is 0 Å². The van der Waals surface area contributed by atoms with Crippen LogP contribution in [0.3, 0.4) is 0 Å². The third-order valence-electron chi connectivity index (χ3n) is 3.68. The first-order chi connectivity index (χ1) is 13.4. The third-order valence-corrected chi connectivity index (χ3v) is 3.97. The fourth-order valence-corrected chi connectivity index (χ4v) is 2.63. The predicted octanol–water partition coefficient (Wildman–Crippen LogP) is 3.98. The van der Waals surface area contributed by atoms with Gasteiger partial charge in [-0.25, -0.2) is 9.18 Å². The molecule has 7 nitrogen and oxygen atoms in total. The van der Waals surface area contributed by atoms with Gasteiger partial charge in [0.1, 0.15) is 17.1 Å². The Kier molecular flexibility index (Phi) is 5.60. The number of benzene rings is 2. The summed E-state index contributed by atoms with van der Waals surface area (Å²) in [5.74, 6) is -3.74. The van der Waals surface area contributed by atoms with Crippen LogP contribution in [0.4, 0.5) is 15.8 Å². The number of halogens is 2. The fraction of sp³-hybridized carbons (Fsp3) is 0.105. The number of hydrogen-bond acceptors (Lipinski definition) is 5. The normalized spacial score (nSPS) is 10.5. The van der Waals surface area contributed by atoms with Gasteiger partial charge in [0, 0.05) is 11.1 Å². The number of rotatable bonds is 4. The maximum atomic E-state index is 13.3. The van der Waals surface area contributed by atoms with Crippen molar-refractivity contribution in [3.63, 3.8) is 0 Å². The van der Waals surface area contributed by atoms with E-state index in [2.05, 4.69) is 15.4 Å². The number of ether oxygens (including phenoxy) is 1. The first-order valence-electron chi connectivity index (χ1n) is 8.16. The van der Waals surface area contributed by atoms with E-state index in [0.29, 0.717) is 11.0 Å². The number of carbonyl (C=O) groups excluding carboxylic acids is 3. The number of nitrogens with one attached hydrogen (secondary N) is 2. The van der Waals surface area contributed by atoms with E-state index in [1.807, 2.05) is 0 Å². The number of fused-ring (bicyclic) bond motifs is 1. The summed E-state index contributed by atoms with van der Waals surface area (Å²) in [5, 5.41) is 5.11. The molecule has 0 spiro atoms. The van der Waals surface area contributed by atoms with Crippen molar-refractivity contribution in [1.29, 1.82) is 0 Å². The summed E-state index contributed by atoms with van der Waals surface area (Å²) in [5.41, 5.74) is 0.558. The molecule has 0 radical (unpaired) electrons. The Morgan fingerprint density at radius 1 is 1.14 bits per heavy atom. The van der Waals surface area contributed by atoms with Crippen molar-refractivity contribution in [3.05, 3.63) is 59.1 Å². The fourth-order valence-electron chi connectivity index (χ4n) is 2.45. The molecular weight excluding hydrogens is 391 g/mol. The van der Waals surface area contributed by atoms with E-state index in [0.717, 1.165) is 6.07 Å². The molecule has 0 aliphatic heterocycles. The van der Waals surface area contributed by atoms with E-state index in [-0.39, 0.29) is 28.8 Å². The summed E-state index contributed by atoms with van der Waals surface area (Å²) in [6, 6.07) is 10.2. The smallest absolute Gasteiger partial charge is 0.397 e. The highest BCUT2D eigenvalue weighted by atomic mass is 35.5. The van der Waals surface area contributed by atoms with Gasteiger partial charge in [0.15, 0.2) is 0 Å². The summed E-state index contributed by atoms with van der Waals surface area (Å²) in [6.07, 6.45) is 0. The van der Waals surface area contributed by atoms with Crippen LogP contribution < -0.4 is 10.6 Å². The third kappa shape index (κ3) is 3.96. The Balaban J connectivity index is 1.95. The van der Waals surface area contributed by atoms with Crippen LogP contribution in [0.5, 0.6) is 0 Å². The second kappa shape index (κ2) is 8.10. The van der Waals surface area contributed by atoms with Crippen molar-refractivity contribution in [1.82, 2.24) is 0 Å². The Morgan fingerprint density at radius 2 is 1.89 bits per heavy atom. The van der Waals surface area contributed by atoms with E-state index in [4.69, 9.17) is 16.0 Å². The van der Waals surface area contributed by atoms with Gasteiger partial charge in [-0.1, -0.05) is 23.7 Å². The number of para-hydroxylation sites is 1. The summed E-state index contributed by atoms with van der Waals surface area (Å²) < 4.78 is 23.5. The monoisotopic (exact) mass is 404 g/mol. The molecule has 0 aliphatic carbocycles. The molecule has 1 aromatic heterocycles. The molecule has 2 N–H and O–H groups in total. The highest BCUT2D eigenvalue weighted by molar-refractivity contribution is 6.38. The molecule has 0 saturated heterocycles. The summed E-state index contributed by atoms with van der Waals surface area (Å²) in [7, 11) is 0. The number of furan rings is 1. The second-order valence-corrected chi connectivity index (χ2v) is 5.97.